The van der Waals surface area contributed by atoms with Gasteiger partial charge in [-0.05, 0) is 18.4 Å². The van der Waals surface area contributed by atoms with Crippen LogP contribution in [0.2, 0.25) is 0 Å². The lowest BCUT2D eigenvalue weighted by Crippen LogP contribution is -2.36. The highest BCUT2D eigenvalue weighted by Crippen LogP contribution is 2.35. The van der Waals surface area contributed by atoms with Gasteiger partial charge in [-0.2, -0.15) is 31.6 Å². The molecule has 3 rings (SSSR count). The van der Waals surface area contributed by atoms with E-state index in [1.54, 1.807) is 31.1 Å². The first-order valence-corrected chi connectivity index (χ1v) is 11.1. The smallest absolute Gasteiger partial charge is 0.478 e. The minimum atomic E-state index is -5.08. The number of hydrogen-bond acceptors (Lipinski definition) is 8. The minimum Gasteiger partial charge on any atom is -0.478 e. The van der Waals surface area contributed by atoms with Gasteiger partial charge in [0.15, 0.2) is 0 Å². The van der Waals surface area contributed by atoms with Gasteiger partial charge in [0, 0.05) is 45.4 Å². The molecule has 3 heterocycles. The molecule has 0 aromatic carbocycles. The number of nitriles is 1. The quantitative estimate of drug-likeness (QED) is 0.484. The zero-order chi connectivity index (χ0) is 30.0. The molecule has 1 aromatic heterocycles. The Kier molecular flexibility index (Phi) is 12.4. The lowest BCUT2D eigenvalue weighted by molar-refractivity contribution is -0.193. The molecule has 2 fully saturated rings. The van der Waals surface area contributed by atoms with Gasteiger partial charge in [0.05, 0.1) is 31.4 Å². The van der Waals surface area contributed by atoms with Crippen LogP contribution < -0.4 is 4.74 Å². The third-order valence-electron chi connectivity index (χ3n) is 5.46. The molecule has 0 saturated carbocycles. The van der Waals surface area contributed by atoms with Gasteiger partial charge >= 0.3 is 24.3 Å². The van der Waals surface area contributed by atoms with Crippen molar-refractivity contribution in [2.24, 2.45) is 11.8 Å². The van der Waals surface area contributed by atoms with Crippen molar-refractivity contribution >= 4 is 17.8 Å². The number of carbonyl (C=O) groups excluding carboxylic acids is 1. The molecule has 17 heteroatoms. The van der Waals surface area contributed by atoms with Crippen molar-refractivity contribution < 1.29 is 60.4 Å². The normalized spacial score (nSPS) is 20.3. The maximum absolute atomic E-state index is 11.9. The second kappa shape index (κ2) is 14.5. The van der Waals surface area contributed by atoms with E-state index >= 15 is 0 Å². The maximum atomic E-state index is 11.9. The zero-order valence-corrected chi connectivity index (χ0v) is 20.7. The Morgan fingerprint density at radius 3 is 2.13 bits per heavy atom. The van der Waals surface area contributed by atoms with Gasteiger partial charge in [-0.25, -0.2) is 14.6 Å². The number of hydrogen-bond donors (Lipinski definition) is 2. The van der Waals surface area contributed by atoms with Crippen molar-refractivity contribution in [1.29, 1.82) is 5.26 Å². The van der Waals surface area contributed by atoms with Gasteiger partial charge < -0.3 is 24.6 Å². The van der Waals surface area contributed by atoms with Crippen LogP contribution in [-0.2, 0) is 19.1 Å². The maximum Gasteiger partial charge on any atom is 0.490 e. The highest BCUT2D eigenvalue weighted by atomic mass is 19.4. The number of amides is 1. The van der Waals surface area contributed by atoms with Crippen LogP contribution >= 0.6 is 0 Å². The van der Waals surface area contributed by atoms with Crippen molar-refractivity contribution in [3.63, 3.8) is 0 Å². The molecule has 0 radical (unpaired) electrons. The Bertz CT molecular complexity index is 988. The first-order chi connectivity index (χ1) is 17.9. The molecule has 3 atom stereocenters. The molecule has 1 amide bonds. The SMILES string of the molecule is CN(C)C(=O)CN1C[C@H]2[C@@H](CCOc3ccc(C#N)cn3)CO[C@H]2C1.O=C(O)C(F)(F)F.O=C(O)C(F)(F)F. The summed E-state index contributed by atoms with van der Waals surface area (Å²) < 4.78 is 75.1. The second-order valence-corrected chi connectivity index (χ2v) is 8.52. The van der Waals surface area contributed by atoms with E-state index < -0.39 is 24.3 Å². The molecular weight excluding hydrogens is 546 g/mol. The predicted molar refractivity (Wildman–Crippen MR) is 118 cm³/mol. The van der Waals surface area contributed by atoms with Crippen LogP contribution in [0.15, 0.2) is 18.3 Å². The van der Waals surface area contributed by atoms with E-state index in [4.69, 9.17) is 34.5 Å². The molecule has 2 aliphatic heterocycles. The fourth-order valence-electron chi connectivity index (χ4n) is 3.49. The predicted octanol–water partition coefficient (Wildman–Crippen LogP) is 2.02. The number of nitrogens with zero attached hydrogens (tertiary/aromatic N) is 4. The number of likely N-dealkylation sites (tertiary alicyclic amines) is 1. The molecule has 2 saturated heterocycles. The number of carboxylic acid groups (broad SMARTS) is 2. The van der Waals surface area contributed by atoms with E-state index in [2.05, 4.69) is 9.88 Å². The summed E-state index contributed by atoms with van der Waals surface area (Å²) in [6.45, 7) is 3.53. The van der Waals surface area contributed by atoms with Crippen molar-refractivity contribution in [2.75, 3.05) is 46.9 Å². The number of aliphatic carboxylic acids is 2. The lowest BCUT2D eigenvalue weighted by Gasteiger charge is -2.20. The number of carboxylic acids is 2. The molecule has 0 aliphatic carbocycles. The first kappa shape index (κ1) is 33.4. The van der Waals surface area contributed by atoms with Crippen LogP contribution in [0, 0.1) is 23.2 Å². The third-order valence-corrected chi connectivity index (χ3v) is 5.46. The van der Waals surface area contributed by atoms with E-state index in [0.717, 1.165) is 26.1 Å². The summed E-state index contributed by atoms with van der Waals surface area (Å²) in [4.78, 5) is 37.6. The summed E-state index contributed by atoms with van der Waals surface area (Å²) in [5.74, 6) is -3.93. The highest BCUT2D eigenvalue weighted by Gasteiger charge is 2.44. The molecule has 2 N–H and O–H groups in total. The summed E-state index contributed by atoms with van der Waals surface area (Å²) >= 11 is 0. The zero-order valence-electron chi connectivity index (χ0n) is 20.7. The van der Waals surface area contributed by atoms with E-state index in [0.29, 0.717) is 36.4 Å². The van der Waals surface area contributed by atoms with Crippen LogP contribution in [-0.4, -0.2) is 108 Å². The Labute approximate surface area is 218 Å². The number of rotatable bonds is 6. The highest BCUT2D eigenvalue weighted by molar-refractivity contribution is 5.77. The second-order valence-electron chi connectivity index (χ2n) is 8.52. The van der Waals surface area contributed by atoms with Gasteiger partial charge in [-0.15, -0.1) is 0 Å². The van der Waals surface area contributed by atoms with Gasteiger partial charge in [0.1, 0.15) is 6.07 Å². The standard InChI is InChI=1S/C18H24N4O3.2C2HF3O2/c1-21(2)18(23)11-22-9-15-14(12-25-16(15)10-22)5-6-24-17-4-3-13(7-19)8-20-17;2*3-2(4,5)1(6)7/h3-4,8,14-16H,5-6,9-12H2,1-2H3;2*(H,6,7)/t14-,15-,16-;;/m0../s1. The number of ether oxygens (including phenoxy) is 2. The molecule has 1 aromatic rings. The Hall–Kier alpha value is -3.65. The van der Waals surface area contributed by atoms with Crippen LogP contribution in [0.1, 0.15) is 12.0 Å². The number of aromatic nitrogens is 1. The Morgan fingerprint density at radius 2 is 1.69 bits per heavy atom. The molecule has 39 heavy (non-hydrogen) atoms. The molecule has 218 valence electrons. The number of fused-ring (bicyclic) bond motifs is 1. The molecule has 0 bridgehead atoms. The van der Waals surface area contributed by atoms with Gasteiger partial charge in [0.25, 0.3) is 0 Å². The van der Waals surface area contributed by atoms with Gasteiger partial charge in [0.2, 0.25) is 11.8 Å². The van der Waals surface area contributed by atoms with Crippen molar-refractivity contribution in [2.45, 2.75) is 24.9 Å². The first-order valence-electron chi connectivity index (χ1n) is 11.1. The van der Waals surface area contributed by atoms with E-state index in [1.165, 1.54) is 6.20 Å². The molecule has 0 unspecified atom stereocenters. The number of halogens is 6. The fraction of sp³-hybridized carbons (Fsp3) is 0.591. The van der Waals surface area contributed by atoms with E-state index in [1.807, 2.05) is 6.07 Å². The number of likely N-dealkylation sites (N-methyl/N-ethyl adjacent to an activating group) is 1. The average molecular weight is 572 g/mol. The summed E-state index contributed by atoms with van der Waals surface area (Å²) in [5, 5.41) is 23.0. The van der Waals surface area contributed by atoms with Gasteiger partial charge in [-0.3, -0.25) is 9.69 Å². The number of alkyl halides is 6. The fourth-order valence-corrected chi connectivity index (χ4v) is 3.49. The summed E-state index contributed by atoms with van der Waals surface area (Å²) in [6, 6.07) is 5.46. The van der Waals surface area contributed by atoms with E-state index in [-0.39, 0.29) is 12.0 Å². The van der Waals surface area contributed by atoms with Crippen LogP contribution in [0.4, 0.5) is 26.3 Å². The van der Waals surface area contributed by atoms with Gasteiger partial charge in [-0.1, -0.05) is 0 Å². The topological polar surface area (TPSA) is 153 Å². The monoisotopic (exact) mass is 572 g/mol. The molecular formula is C22H26F6N4O7. The summed E-state index contributed by atoms with van der Waals surface area (Å²) in [7, 11) is 3.57. The molecule has 11 nitrogen and oxygen atoms in total. The largest absolute Gasteiger partial charge is 0.490 e. The van der Waals surface area contributed by atoms with Crippen molar-refractivity contribution in [3.05, 3.63) is 23.9 Å². The minimum absolute atomic E-state index is 0.131. The van der Waals surface area contributed by atoms with E-state index in [9.17, 15) is 31.1 Å². The summed E-state index contributed by atoms with van der Waals surface area (Å²) in [5.41, 5.74) is 0.526. The van der Waals surface area contributed by atoms with Crippen molar-refractivity contribution in [3.8, 4) is 11.9 Å². The summed E-state index contributed by atoms with van der Waals surface area (Å²) in [6.07, 6.45) is -7.52. The Balaban J connectivity index is 0.000000449. The average Bonchev–Trinajstić information content (AvgIpc) is 3.39. The number of pyridine rings is 1. The Morgan fingerprint density at radius 1 is 1.13 bits per heavy atom. The van der Waals surface area contributed by atoms with Crippen LogP contribution in [0.25, 0.3) is 0 Å². The van der Waals surface area contributed by atoms with Crippen LogP contribution in [0.5, 0.6) is 5.88 Å². The molecule has 0 spiro atoms. The number of carbonyl (C=O) groups is 3. The van der Waals surface area contributed by atoms with Crippen LogP contribution in [0.3, 0.4) is 0 Å². The van der Waals surface area contributed by atoms with Crippen molar-refractivity contribution in [1.82, 2.24) is 14.8 Å². The lowest BCUT2D eigenvalue weighted by atomic mass is 9.91. The third kappa shape index (κ3) is 11.7. The molecule has 2 aliphatic rings.